The Morgan fingerprint density at radius 3 is 2.90 bits per heavy atom. The number of amides is 3. The number of urea groups is 1. The molecule has 0 aliphatic carbocycles. The molecule has 1 atom stereocenters. The molecule has 3 N–H and O–H groups in total. The Bertz CT molecular complexity index is 557. The van der Waals surface area contributed by atoms with Crippen molar-refractivity contribution in [1.29, 1.82) is 0 Å². The first-order chi connectivity index (χ1) is 9.54. The lowest BCUT2D eigenvalue weighted by molar-refractivity contribution is 0.0616. The highest BCUT2D eigenvalue weighted by Crippen LogP contribution is 2.18. The average molecular weight is 278 g/mol. The van der Waals surface area contributed by atoms with Crippen LogP contribution in [-0.2, 0) is 0 Å². The number of benzene rings is 1. The summed E-state index contributed by atoms with van der Waals surface area (Å²) in [4.78, 5) is 27.2. The molecule has 2 saturated heterocycles. The van der Waals surface area contributed by atoms with Crippen LogP contribution in [0.3, 0.4) is 0 Å². The fourth-order valence-electron chi connectivity index (χ4n) is 2.71. The largest absolute Gasteiger partial charge is 0.399 e. The van der Waals surface area contributed by atoms with E-state index in [2.05, 4.69) is 5.32 Å². The molecular formula is C13H15FN4O2. The van der Waals surface area contributed by atoms with E-state index in [0.29, 0.717) is 26.2 Å². The first kappa shape index (κ1) is 12.7. The summed E-state index contributed by atoms with van der Waals surface area (Å²) >= 11 is 0. The van der Waals surface area contributed by atoms with Crippen LogP contribution < -0.4 is 11.1 Å². The monoisotopic (exact) mass is 278 g/mol. The van der Waals surface area contributed by atoms with Gasteiger partial charge in [0.15, 0.2) is 0 Å². The fraction of sp³-hybridized carbons (Fsp3) is 0.385. The molecule has 0 aromatic heterocycles. The lowest BCUT2D eigenvalue weighted by atomic mass is 10.1. The number of nitrogens with zero attached hydrogens (tertiary/aromatic N) is 2. The quantitative estimate of drug-likeness (QED) is 0.723. The van der Waals surface area contributed by atoms with Gasteiger partial charge in [-0.05, 0) is 18.2 Å². The van der Waals surface area contributed by atoms with Crippen LogP contribution in [0.4, 0.5) is 14.9 Å². The molecule has 1 aromatic carbocycles. The number of carbonyl (C=O) groups is 2. The van der Waals surface area contributed by atoms with E-state index in [1.165, 1.54) is 18.2 Å². The Hall–Kier alpha value is -2.31. The average Bonchev–Trinajstić information content (AvgIpc) is 2.78. The normalized spacial score (nSPS) is 21.6. The van der Waals surface area contributed by atoms with Gasteiger partial charge in [0.2, 0.25) is 0 Å². The third-order valence-electron chi connectivity index (χ3n) is 3.69. The number of halogens is 1. The van der Waals surface area contributed by atoms with E-state index in [9.17, 15) is 14.0 Å². The molecule has 2 aliphatic rings. The molecule has 1 aromatic rings. The van der Waals surface area contributed by atoms with Crippen molar-refractivity contribution in [2.24, 2.45) is 0 Å². The molecule has 1 unspecified atom stereocenters. The summed E-state index contributed by atoms with van der Waals surface area (Å²) in [6, 6.07) is 3.73. The van der Waals surface area contributed by atoms with Crippen LogP contribution in [-0.4, -0.2) is 54.0 Å². The third-order valence-corrected chi connectivity index (χ3v) is 3.69. The van der Waals surface area contributed by atoms with Crippen molar-refractivity contribution in [3.05, 3.63) is 29.6 Å². The van der Waals surface area contributed by atoms with E-state index < -0.39 is 5.82 Å². The zero-order valence-corrected chi connectivity index (χ0v) is 10.8. The predicted molar refractivity (Wildman–Crippen MR) is 70.6 cm³/mol. The summed E-state index contributed by atoms with van der Waals surface area (Å²) in [5.74, 6) is -0.778. The van der Waals surface area contributed by atoms with Crippen LogP contribution in [0.1, 0.15) is 10.4 Å². The van der Waals surface area contributed by atoms with Crippen molar-refractivity contribution >= 4 is 17.6 Å². The van der Waals surface area contributed by atoms with Crippen LogP contribution >= 0.6 is 0 Å². The van der Waals surface area contributed by atoms with E-state index in [1.54, 1.807) is 9.80 Å². The molecule has 0 bridgehead atoms. The molecule has 0 radical (unpaired) electrons. The fourth-order valence-corrected chi connectivity index (χ4v) is 2.71. The van der Waals surface area contributed by atoms with Gasteiger partial charge in [-0.1, -0.05) is 0 Å². The number of nitrogens with two attached hydrogens (primary N) is 1. The highest BCUT2D eigenvalue weighted by atomic mass is 19.1. The van der Waals surface area contributed by atoms with Crippen LogP contribution in [0, 0.1) is 5.82 Å². The molecule has 2 fully saturated rings. The topological polar surface area (TPSA) is 78.7 Å². The van der Waals surface area contributed by atoms with Gasteiger partial charge in [-0.25, -0.2) is 9.18 Å². The van der Waals surface area contributed by atoms with Crippen LogP contribution in [0.25, 0.3) is 0 Å². The smallest absolute Gasteiger partial charge is 0.317 e. The number of nitrogens with one attached hydrogen (secondary N) is 1. The van der Waals surface area contributed by atoms with Gasteiger partial charge in [0.25, 0.3) is 5.91 Å². The standard InChI is InChI=1S/C13H15FN4O2/c14-9-3-8(4-10(15)5-9)12(19)17-1-2-18-11(7-17)6-16-13(18)20/h3-5,11H,1-2,6-7,15H2,(H,16,20). The number of rotatable bonds is 1. The molecule has 0 spiro atoms. The Morgan fingerprint density at radius 2 is 2.15 bits per heavy atom. The minimum absolute atomic E-state index is 0.00824. The zero-order chi connectivity index (χ0) is 14.3. The maximum absolute atomic E-state index is 13.3. The van der Waals surface area contributed by atoms with Gasteiger partial charge < -0.3 is 20.9 Å². The first-order valence-corrected chi connectivity index (χ1v) is 6.44. The molecule has 3 rings (SSSR count). The SMILES string of the molecule is Nc1cc(F)cc(C(=O)N2CCN3C(=O)NCC3C2)c1. The van der Waals surface area contributed by atoms with Gasteiger partial charge in [0.05, 0.1) is 6.04 Å². The zero-order valence-electron chi connectivity index (χ0n) is 10.8. The Morgan fingerprint density at radius 1 is 1.35 bits per heavy atom. The van der Waals surface area contributed by atoms with Crippen LogP contribution in [0.15, 0.2) is 18.2 Å². The maximum atomic E-state index is 13.3. The molecule has 7 heteroatoms. The van der Waals surface area contributed by atoms with Crippen LogP contribution in [0.5, 0.6) is 0 Å². The first-order valence-electron chi connectivity index (χ1n) is 6.44. The van der Waals surface area contributed by atoms with Crippen molar-refractivity contribution < 1.29 is 14.0 Å². The highest BCUT2D eigenvalue weighted by molar-refractivity contribution is 5.95. The summed E-state index contributed by atoms with van der Waals surface area (Å²) in [5.41, 5.74) is 6.03. The lowest BCUT2D eigenvalue weighted by Crippen LogP contribution is -2.53. The Kier molecular flexibility index (Phi) is 2.96. The van der Waals surface area contributed by atoms with Gasteiger partial charge in [-0.3, -0.25) is 4.79 Å². The third kappa shape index (κ3) is 2.15. The van der Waals surface area contributed by atoms with E-state index in [-0.39, 0.29) is 29.2 Å². The minimum atomic E-state index is -0.523. The predicted octanol–water partition coefficient (Wildman–Crippen LogP) is 0.258. The molecule has 106 valence electrons. The second-order valence-corrected chi connectivity index (χ2v) is 5.06. The molecule has 2 aliphatic heterocycles. The van der Waals surface area contributed by atoms with Crippen molar-refractivity contribution in [2.75, 3.05) is 31.9 Å². The number of fused-ring (bicyclic) bond motifs is 1. The van der Waals surface area contributed by atoms with Gasteiger partial charge >= 0.3 is 6.03 Å². The second kappa shape index (κ2) is 4.66. The molecule has 20 heavy (non-hydrogen) atoms. The van der Waals surface area contributed by atoms with Gasteiger partial charge in [0, 0.05) is 37.4 Å². The summed E-state index contributed by atoms with van der Waals surface area (Å²) in [7, 11) is 0. The van der Waals surface area contributed by atoms with Gasteiger partial charge in [-0.15, -0.1) is 0 Å². The summed E-state index contributed by atoms with van der Waals surface area (Å²) in [6.45, 7) is 1.92. The van der Waals surface area contributed by atoms with Crippen molar-refractivity contribution in [1.82, 2.24) is 15.1 Å². The minimum Gasteiger partial charge on any atom is -0.399 e. The second-order valence-electron chi connectivity index (χ2n) is 5.06. The lowest BCUT2D eigenvalue weighted by Gasteiger charge is -2.36. The molecule has 6 nitrogen and oxygen atoms in total. The number of piperazine rings is 1. The Balaban J connectivity index is 1.76. The molecule has 3 amide bonds. The van der Waals surface area contributed by atoms with E-state index >= 15 is 0 Å². The summed E-state index contributed by atoms with van der Waals surface area (Å²) in [6.07, 6.45) is 0. The highest BCUT2D eigenvalue weighted by Gasteiger charge is 2.37. The molecule has 0 saturated carbocycles. The van der Waals surface area contributed by atoms with Gasteiger partial charge in [0.1, 0.15) is 5.82 Å². The molecular weight excluding hydrogens is 263 g/mol. The van der Waals surface area contributed by atoms with E-state index in [0.717, 1.165) is 0 Å². The number of nitrogen functional groups attached to an aromatic ring is 1. The number of carbonyl (C=O) groups excluding carboxylic acids is 2. The Labute approximate surface area is 115 Å². The van der Waals surface area contributed by atoms with Crippen molar-refractivity contribution in [3.63, 3.8) is 0 Å². The van der Waals surface area contributed by atoms with Crippen molar-refractivity contribution in [2.45, 2.75) is 6.04 Å². The number of hydrogen-bond acceptors (Lipinski definition) is 3. The summed E-state index contributed by atoms with van der Waals surface area (Å²) in [5, 5.41) is 2.75. The van der Waals surface area contributed by atoms with Crippen molar-refractivity contribution in [3.8, 4) is 0 Å². The van der Waals surface area contributed by atoms with Crippen LogP contribution in [0.2, 0.25) is 0 Å². The molecule has 2 heterocycles. The van der Waals surface area contributed by atoms with Gasteiger partial charge in [-0.2, -0.15) is 0 Å². The van der Waals surface area contributed by atoms with E-state index in [4.69, 9.17) is 5.73 Å². The number of hydrogen-bond donors (Lipinski definition) is 2. The number of anilines is 1. The summed E-state index contributed by atoms with van der Waals surface area (Å²) < 4.78 is 13.3. The van der Waals surface area contributed by atoms with E-state index in [1.807, 2.05) is 0 Å². The maximum Gasteiger partial charge on any atom is 0.317 e.